The van der Waals surface area contributed by atoms with Crippen LogP contribution in [0.15, 0.2) is 42.5 Å². The van der Waals surface area contributed by atoms with Crippen LogP contribution in [0.3, 0.4) is 0 Å². The Labute approximate surface area is 198 Å². The van der Waals surface area contributed by atoms with Gasteiger partial charge in [-0.25, -0.2) is 4.98 Å². The van der Waals surface area contributed by atoms with Crippen molar-refractivity contribution in [2.75, 3.05) is 46.6 Å². The Morgan fingerprint density at radius 3 is 2.67 bits per heavy atom. The van der Waals surface area contributed by atoms with Crippen LogP contribution >= 0.6 is 11.6 Å². The van der Waals surface area contributed by atoms with E-state index in [1.165, 1.54) is 5.56 Å². The smallest absolute Gasteiger partial charge is 0.233 e. The molecule has 2 aromatic carbocycles. The fraction of sp³-hybridized carbons (Fsp3) is 0.423. The molecule has 7 heteroatoms. The van der Waals surface area contributed by atoms with E-state index in [1.54, 1.807) is 7.11 Å². The first kappa shape index (κ1) is 20.9. The monoisotopic (exact) mass is 466 g/mol. The number of hydrogen-bond donors (Lipinski definition) is 0. The lowest BCUT2D eigenvalue weighted by atomic mass is 10.1. The molecular formula is C26H27ClN2O4. The zero-order valence-electron chi connectivity index (χ0n) is 18.6. The maximum Gasteiger partial charge on any atom is 0.233 e. The summed E-state index contributed by atoms with van der Waals surface area (Å²) < 4.78 is 22.7. The van der Waals surface area contributed by atoms with Crippen molar-refractivity contribution < 1.29 is 18.9 Å². The minimum atomic E-state index is 0.523. The molecule has 1 aromatic heterocycles. The molecule has 2 unspecified atom stereocenters. The number of fused-ring (bicyclic) bond motifs is 3. The van der Waals surface area contributed by atoms with E-state index in [4.69, 9.17) is 30.5 Å². The van der Waals surface area contributed by atoms with Crippen LogP contribution in [0, 0.1) is 17.8 Å². The molecule has 1 saturated heterocycles. The molecule has 6 nitrogen and oxygen atoms in total. The lowest BCUT2D eigenvalue weighted by Gasteiger charge is -2.21. The highest BCUT2D eigenvalue weighted by Gasteiger charge is 2.55. The molecule has 2 aliphatic heterocycles. The van der Waals surface area contributed by atoms with Crippen LogP contribution in [0.5, 0.6) is 23.1 Å². The molecule has 0 spiro atoms. The van der Waals surface area contributed by atoms with Gasteiger partial charge in [0.15, 0.2) is 11.5 Å². The van der Waals surface area contributed by atoms with Crippen LogP contribution in [0.25, 0.3) is 10.9 Å². The number of nitrogens with zero attached hydrogens (tertiary/aromatic N) is 2. The van der Waals surface area contributed by atoms with Gasteiger partial charge in [-0.1, -0.05) is 17.7 Å². The van der Waals surface area contributed by atoms with Crippen LogP contribution < -0.4 is 18.9 Å². The van der Waals surface area contributed by atoms with Crippen molar-refractivity contribution in [3.63, 3.8) is 0 Å². The van der Waals surface area contributed by atoms with Crippen molar-refractivity contribution >= 4 is 22.5 Å². The minimum Gasteiger partial charge on any atom is -0.497 e. The molecule has 33 heavy (non-hydrogen) atoms. The van der Waals surface area contributed by atoms with E-state index in [2.05, 4.69) is 22.0 Å². The molecule has 3 aromatic rings. The van der Waals surface area contributed by atoms with Crippen LogP contribution in [0.4, 0.5) is 0 Å². The topological polar surface area (TPSA) is 53.1 Å². The van der Waals surface area contributed by atoms with E-state index in [-0.39, 0.29) is 0 Å². The quantitative estimate of drug-likeness (QED) is 0.512. The van der Waals surface area contributed by atoms with Crippen molar-refractivity contribution in [1.82, 2.24) is 9.88 Å². The zero-order chi connectivity index (χ0) is 22.4. The Kier molecular flexibility index (Phi) is 5.43. The first-order chi connectivity index (χ1) is 16.2. The van der Waals surface area contributed by atoms with Gasteiger partial charge < -0.3 is 23.8 Å². The van der Waals surface area contributed by atoms with Gasteiger partial charge in [0.05, 0.1) is 19.2 Å². The summed E-state index contributed by atoms with van der Waals surface area (Å²) in [6, 6.07) is 14.0. The number of halogens is 1. The lowest BCUT2D eigenvalue weighted by Crippen LogP contribution is -2.28. The third-order valence-corrected chi connectivity index (χ3v) is 7.40. The molecule has 0 N–H and O–H groups in total. The summed E-state index contributed by atoms with van der Waals surface area (Å²) >= 11 is 6.44. The van der Waals surface area contributed by atoms with Crippen LogP contribution in [-0.2, 0) is 6.42 Å². The third kappa shape index (κ3) is 4.18. The van der Waals surface area contributed by atoms with Gasteiger partial charge in [0.25, 0.3) is 0 Å². The number of likely N-dealkylation sites (tertiary alicyclic amines) is 1. The molecule has 3 atom stereocenters. The predicted octanol–water partition coefficient (Wildman–Crippen LogP) is 4.47. The SMILES string of the molecule is COc1ccc2nc(OCC3C4CN(CCc5ccc6c(c5)OCCO6)C[C@H]34)c(Cl)cc2c1. The maximum atomic E-state index is 6.44. The molecule has 3 heterocycles. The fourth-order valence-corrected chi connectivity index (χ4v) is 5.43. The highest BCUT2D eigenvalue weighted by Crippen LogP contribution is 2.51. The number of ether oxygens (including phenoxy) is 4. The number of piperidine rings is 1. The van der Waals surface area contributed by atoms with Gasteiger partial charge in [-0.3, -0.25) is 0 Å². The van der Waals surface area contributed by atoms with Crippen molar-refractivity contribution in [3.05, 3.63) is 53.1 Å². The second kappa shape index (κ2) is 8.58. The maximum absolute atomic E-state index is 6.44. The lowest BCUT2D eigenvalue weighted by molar-refractivity contribution is 0.171. The van der Waals surface area contributed by atoms with Crippen molar-refractivity contribution in [2.45, 2.75) is 6.42 Å². The third-order valence-electron chi connectivity index (χ3n) is 7.13. The van der Waals surface area contributed by atoms with Crippen LogP contribution in [0.2, 0.25) is 5.02 Å². The first-order valence-electron chi connectivity index (χ1n) is 11.6. The summed E-state index contributed by atoms with van der Waals surface area (Å²) in [5.74, 6) is 5.08. The molecule has 0 amide bonds. The van der Waals surface area contributed by atoms with Crippen molar-refractivity contribution in [1.29, 1.82) is 0 Å². The Morgan fingerprint density at radius 2 is 1.85 bits per heavy atom. The number of rotatable bonds is 7. The van der Waals surface area contributed by atoms with Gasteiger partial charge in [-0.15, -0.1) is 0 Å². The van der Waals surface area contributed by atoms with E-state index in [0.29, 0.717) is 48.5 Å². The largest absolute Gasteiger partial charge is 0.497 e. The van der Waals surface area contributed by atoms with Crippen molar-refractivity contribution in [3.8, 4) is 23.1 Å². The molecule has 172 valence electrons. The van der Waals surface area contributed by atoms with Crippen LogP contribution in [0.1, 0.15) is 5.56 Å². The molecule has 3 aliphatic rings. The Balaban J connectivity index is 0.998. The number of methoxy groups -OCH3 is 1. The van der Waals surface area contributed by atoms with Gasteiger partial charge in [0.1, 0.15) is 24.0 Å². The summed E-state index contributed by atoms with van der Waals surface area (Å²) in [7, 11) is 1.65. The summed E-state index contributed by atoms with van der Waals surface area (Å²) in [6.45, 7) is 5.29. The highest BCUT2D eigenvalue weighted by atomic mass is 35.5. The number of pyridine rings is 1. The van der Waals surface area contributed by atoms with E-state index in [1.807, 2.05) is 30.3 Å². The molecule has 0 bridgehead atoms. The zero-order valence-corrected chi connectivity index (χ0v) is 19.4. The summed E-state index contributed by atoms with van der Waals surface area (Å²) in [5, 5.41) is 1.49. The average molecular weight is 467 g/mol. The van der Waals surface area contributed by atoms with Gasteiger partial charge in [0, 0.05) is 30.9 Å². The molecule has 1 aliphatic carbocycles. The second-order valence-electron chi connectivity index (χ2n) is 9.12. The minimum absolute atomic E-state index is 0.523. The van der Waals surface area contributed by atoms with Gasteiger partial charge in [0.2, 0.25) is 5.88 Å². The number of benzene rings is 2. The molecular weight excluding hydrogens is 440 g/mol. The molecule has 1 saturated carbocycles. The van der Waals surface area contributed by atoms with Gasteiger partial charge >= 0.3 is 0 Å². The number of hydrogen-bond acceptors (Lipinski definition) is 6. The molecule has 0 radical (unpaired) electrons. The normalized spacial score (nSPS) is 23.4. The summed E-state index contributed by atoms with van der Waals surface area (Å²) in [5.41, 5.74) is 2.16. The fourth-order valence-electron chi connectivity index (χ4n) is 5.21. The van der Waals surface area contributed by atoms with Crippen LogP contribution in [-0.4, -0.2) is 56.4 Å². The van der Waals surface area contributed by atoms with E-state index < -0.39 is 0 Å². The summed E-state index contributed by atoms with van der Waals surface area (Å²) in [6.07, 6.45) is 1.03. The first-order valence-corrected chi connectivity index (χ1v) is 11.9. The molecule has 6 rings (SSSR count). The van der Waals surface area contributed by atoms with Gasteiger partial charge in [-0.05, 0) is 60.2 Å². The number of aromatic nitrogens is 1. The Hall–Kier alpha value is -2.70. The Morgan fingerprint density at radius 1 is 1.03 bits per heavy atom. The van der Waals surface area contributed by atoms with Gasteiger partial charge in [-0.2, -0.15) is 0 Å². The van der Waals surface area contributed by atoms with E-state index in [9.17, 15) is 0 Å². The predicted molar refractivity (Wildman–Crippen MR) is 127 cm³/mol. The van der Waals surface area contributed by atoms with Crippen molar-refractivity contribution in [2.24, 2.45) is 17.8 Å². The standard InChI is InChI=1S/C26H27ClN2O4/c1-30-18-3-4-23-17(11-18)12-22(27)26(28-23)33-15-21-19-13-29(14-20(19)21)7-6-16-2-5-24-25(10-16)32-9-8-31-24/h2-5,10-12,19-21H,6-9,13-15H2,1H3/t19-,20?,21?/m0/s1. The van der Waals surface area contributed by atoms with E-state index >= 15 is 0 Å². The van der Waals surface area contributed by atoms with E-state index in [0.717, 1.165) is 54.2 Å². The highest BCUT2D eigenvalue weighted by molar-refractivity contribution is 6.32. The second-order valence-corrected chi connectivity index (χ2v) is 9.53. The average Bonchev–Trinajstić information content (AvgIpc) is 3.30. The molecule has 2 fully saturated rings. The summed E-state index contributed by atoms with van der Waals surface area (Å²) in [4.78, 5) is 7.18. The Bertz CT molecular complexity index is 1170.